The van der Waals surface area contributed by atoms with Gasteiger partial charge in [0.15, 0.2) is 0 Å². The Morgan fingerprint density at radius 1 is 1.26 bits per heavy atom. The first kappa shape index (κ1) is 18.0. The van der Waals surface area contributed by atoms with Crippen LogP contribution in [0.15, 0.2) is 29.7 Å². The molecule has 0 radical (unpaired) electrons. The molecule has 1 heterocycles. The number of nitrogens with zero attached hydrogens (tertiary/aromatic N) is 1. The monoisotopic (exact) mass is 340 g/mol. The van der Waals surface area contributed by atoms with Crippen LogP contribution in [0, 0.1) is 0 Å². The fourth-order valence-electron chi connectivity index (χ4n) is 2.47. The Morgan fingerprint density at radius 3 is 2.48 bits per heavy atom. The molecule has 23 heavy (non-hydrogen) atoms. The Labute approximate surface area is 137 Å². The van der Waals surface area contributed by atoms with Crippen LogP contribution in [0.2, 0.25) is 0 Å². The molecule has 0 spiro atoms. The van der Waals surface area contributed by atoms with Gasteiger partial charge in [-0.25, -0.2) is 0 Å². The summed E-state index contributed by atoms with van der Waals surface area (Å²) in [5.41, 5.74) is 8.12. The lowest BCUT2D eigenvalue weighted by molar-refractivity contribution is 0.122. The molecule has 0 aromatic heterocycles. The standard InChI is InChI=1S/C16H25N2O4P/c1-3-21-23(19,22-4-2)16(17)13-14-7-5-6-8-15(14)18-9-11-20-12-10-18/h5-8,13H,3-4,9-12,17H2,1-2H3/b16-13-. The highest BCUT2D eigenvalue weighted by atomic mass is 31.2. The smallest absolute Gasteiger partial charge is 0.376 e. The molecular formula is C16H25N2O4P. The highest BCUT2D eigenvalue weighted by Crippen LogP contribution is 2.54. The van der Waals surface area contributed by atoms with Crippen molar-refractivity contribution in [2.75, 3.05) is 44.4 Å². The van der Waals surface area contributed by atoms with Gasteiger partial charge in [-0.1, -0.05) is 18.2 Å². The minimum absolute atomic E-state index is 0.127. The van der Waals surface area contributed by atoms with Crippen LogP contribution < -0.4 is 10.6 Å². The number of morpholine rings is 1. The van der Waals surface area contributed by atoms with E-state index in [2.05, 4.69) is 4.90 Å². The number of hydrogen-bond donors (Lipinski definition) is 1. The Kier molecular flexibility index (Phi) is 6.66. The third-order valence-electron chi connectivity index (χ3n) is 3.51. The van der Waals surface area contributed by atoms with Gasteiger partial charge in [0.1, 0.15) is 5.44 Å². The van der Waals surface area contributed by atoms with Crippen LogP contribution in [0.5, 0.6) is 0 Å². The maximum Gasteiger partial charge on any atom is 0.376 e. The van der Waals surface area contributed by atoms with E-state index in [-0.39, 0.29) is 18.7 Å². The number of hydrogen-bond acceptors (Lipinski definition) is 6. The van der Waals surface area contributed by atoms with Gasteiger partial charge in [-0.15, -0.1) is 0 Å². The Morgan fingerprint density at radius 2 is 1.87 bits per heavy atom. The van der Waals surface area contributed by atoms with Crippen molar-refractivity contribution in [2.24, 2.45) is 5.73 Å². The van der Waals surface area contributed by atoms with Gasteiger partial charge in [-0.05, 0) is 26.0 Å². The van der Waals surface area contributed by atoms with Crippen molar-refractivity contribution in [3.63, 3.8) is 0 Å². The fraction of sp³-hybridized carbons (Fsp3) is 0.500. The third kappa shape index (κ3) is 4.58. The second-order valence-electron chi connectivity index (χ2n) is 5.06. The molecule has 1 aromatic carbocycles. The summed E-state index contributed by atoms with van der Waals surface area (Å²) in [5, 5.41) is 0. The Balaban J connectivity index is 2.31. The first-order valence-electron chi connectivity index (χ1n) is 7.89. The van der Waals surface area contributed by atoms with Gasteiger partial charge in [-0.2, -0.15) is 0 Å². The van der Waals surface area contributed by atoms with E-state index in [1.165, 1.54) is 0 Å². The average Bonchev–Trinajstić information content (AvgIpc) is 2.56. The SMILES string of the molecule is CCOP(=O)(OCC)/C(N)=C\c1ccccc1N1CCOCC1. The van der Waals surface area contributed by atoms with E-state index >= 15 is 0 Å². The second kappa shape index (κ2) is 8.50. The minimum Gasteiger partial charge on any atom is -0.392 e. The zero-order valence-corrected chi connectivity index (χ0v) is 14.6. The van der Waals surface area contributed by atoms with Crippen LogP contribution in [0.3, 0.4) is 0 Å². The van der Waals surface area contributed by atoms with E-state index in [1.54, 1.807) is 19.9 Å². The Hall–Kier alpha value is -1.33. The first-order valence-corrected chi connectivity index (χ1v) is 9.43. The molecule has 0 saturated carbocycles. The average molecular weight is 340 g/mol. The molecule has 0 unspecified atom stereocenters. The normalized spacial score (nSPS) is 16.6. The molecular weight excluding hydrogens is 315 g/mol. The summed E-state index contributed by atoms with van der Waals surface area (Å²) < 4.78 is 28.7. The molecule has 2 rings (SSSR count). The molecule has 1 fully saturated rings. The summed E-state index contributed by atoms with van der Waals surface area (Å²) in [4.78, 5) is 2.23. The fourth-order valence-corrected chi connectivity index (χ4v) is 3.82. The summed E-state index contributed by atoms with van der Waals surface area (Å²) in [6.07, 6.45) is 1.69. The van der Waals surface area contributed by atoms with Crippen LogP contribution in [0.4, 0.5) is 5.69 Å². The van der Waals surface area contributed by atoms with Crippen molar-refractivity contribution < 1.29 is 18.3 Å². The highest BCUT2D eigenvalue weighted by molar-refractivity contribution is 7.58. The lowest BCUT2D eigenvalue weighted by Crippen LogP contribution is -2.36. The first-order chi connectivity index (χ1) is 11.1. The molecule has 128 valence electrons. The predicted octanol–water partition coefficient (Wildman–Crippen LogP) is 3.05. The van der Waals surface area contributed by atoms with Crippen molar-refractivity contribution in [3.8, 4) is 0 Å². The lowest BCUT2D eigenvalue weighted by atomic mass is 10.1. The number of nitrogens with two attached hydrogens (primary N) is 1. The number of para-hydroxylation sites is 1. The van der Waals surface area contributed by atoms with Gasteiger partial charge in [-0.3, -0.25) is 4.57 Å². The molecule has 0 bridgehead atoms. The second-order valence-corrected chi connectivity index (χ2v) is 7.09. The molecule has 6 nitrogen and oxygen atoms in total. The van der Waals surface area contributed by atoms with Crippen molar-refractivity contribution in [3.05, 3.63) is 35.3 Å². The number of ether oxygens (including phenoxy) is 1. The van der Waals surface area contributed by atoms with E-state index in [4.69, 9.17) is 19.5 Å². The van der Waals surface area contributed by atoms with Crippen molar-refractivity contribution >= 4 is 19.4 Å². The van der Waals surface area contributed by atoms with Crippen LogP contribution in [0.25, 0.3) is 6.08 Å². The van der Waals surface area contributed by atoms with Crippen molar-refractivity contribution in [1.29, 1.82) is 0 Å². The van der Waals surface area contributed by atoms with Crippen LogP contribution in [0.1, 0.15) is 19.4 Å². The molecule has 1 aromatic rings. The molecule has 0 aliphatic carbocycles. The minimum atomic E-state index is -3.44. The van der Waals surface area contributed by atoms with E-state index in [0.29, 0.717) is 13.2 Å². The van der Waals surface area contributed by atoms with Gasteiger partial charge in [0.05, 0.1) is 26.4 Å². The van der Waals surface area contributed by atoms with Gasteiger partial charge in [0.2, 0.25) is 0 Å². The summed E-state index contributed by atoms with van der Waals surface area (Å²) in [5.74, 6) is 0. The maximum atomic E-state index is 12.7. The molecule has 1 aliphatic heterocycles. The van der Waals surface area contributed by atoms with Crippen molar-refractivity contribution in [1.82, 2.24) is 0 Å². The van der Waals surface area contributed by atoms with Crippen LogP contribution in [-0.2, 0) is 18.3 Å². The van der Waals surface area contributed by atoms with Gasteiger partial charge in [0.25, 0.3) is 0 Å². The predicted molar refractivity (Wildman–Crippen MR) is 92.5 cm³/mol. The van der Waals surface area contributed by atoms with Gasteiger partial charge >= 0.3 is 7.60 Å². The molecule has 0 atom stereocenters. The van der Waals surface area contributed by atoms with Crippen molar-refractivity contribution in [2.45, 2.75) is 13.8 Å². The summed E-state index contributed by atoms with van der Waals surface area (Å²) in [6, 6.07) is 7.87. The number of rotatable bonds is 7. The molecule has 1 aliphatic rings. The highest BCUT2D eigenvalue weighted by Gasteiger charge is 2.28. The van der Waals surface area contributed by atoms with E-state index < -0.39 is 7.60 Å². The van der Waals surface area contributed by atoms with E-state index in [1.807, 2.05) is 24.3 Å². The Bertz CT molecular complexity index is 575. The van der Waals surface area contributed by atoms with Crippen LogP contribution in [-0.4, -0.2) is 39.5 Å². The molecule has 7 heteroatoms. The summed E-state index contributed by atoms with van der Waals surface area (Å²) in [7, 11) is -3.44. The van der Waals surface area contributed by atoms with E-state index in [0.717, 1.165) is 24.3 Å². The largest absolute Gasteiger partial charge is 0.392 e. The van der Waals surface area contributed by atoms with E-state index in [9.17, 15) is 4.57 Å². The number of benzene rings is 1. The summed E-state index contributed by atoms with van der Waals surface area (Å²) >= 11 is 0. The lowest BCUT2D eigenvalue weighted by Gasteiger charge is -2.30. The zero-order chi connectivity index (χ0) is 16.7. The van der Waals surface area contributed by atoms with Gasteiger partial charge < -0.3 is 24.4 Å². The quantitative estimate of drug-likeness (QED) is 0.769. The maximum absolute atomic E-state index is 12.7. The zero-order valence-electron chi connectivity index (χ0n) is 13.7. The van der Waals surface area contributed by atoms with Gasteiger partial charge in [0, 0.05) is 24.3 Å². The molecule has 0 amide bonds. The topological polar surface area (TPSA) is 74.0 Å². The van der Waals surface area contributed by atoms with Crippen LogP contribution >= 0.6 is 7.60 Å². The summed E-state index contributed by atoms with van der Waals surface area (Å²) in [6.45, 7) is 7.11. The third-order valence-corrected chi connectivity index (χ3v) is 5.46. The molecule has 1 saturated heterocycles. The number of anilines is 1. The molecule has 2 N–H and O–H groups in total.